The minimum atomic E-state index is -0.596. The van der Waals surface area contributed by atoms with Crippen molar-refractivity contribution in [2.75, 3.05) is 7.05 Å². The summed E-state index contributed by atoms with van der Waals surface area (Å²) in [5.41, 5.74) is 0.997. The summed E-state index contributed by atoms with van der Waals surface area (Å²) in [6.45, 7) is 0. The third kappa shape index (κ3) is 3.61. The summed E-state index contributed by atoms with van der Waals surface area (Å²) in [5, 5.41) is 3.04. The molecule has 2 rings (SSSR count). The van der Waals surface area contributed by atoms with Crippen LogP contribution in [0.5, 0.6) is 0 Å². The largest absolute Gasteiger partial charge is 0.316 e. The van der Waals surface area contributed by atoms with Gasteiger partial charge in [-0.2, -0.15) is 0 Å². The number of likely N-dealkylation sites (N-methyl/N-ethyl adjacent to an activating group) is 1. The second kappa shape index (κ2) is 6.57. The van der Waals surface area contributed by atoms with E-state index in [4.69, 9.17) is 0 Å². The van der Waals surface area contributed by atoms with Gasteiger partial charge in [-0.3, -0.25) is 0 Å². The number of halogens is 3. The zero-order valence-electron chi connectivity index (χ0n) is 11.2. The predicted molar refractivity (Wildman–Crippen MR) is 73.0 cm³/mol. The molecule has 0 saturated carbocycles. The van der Waals surface area contributed by atoms with Crippen molar-refractivity contribution < 1.29 is 13.2 Å². The first-order chi connectivity index (χ1) is 9.60. The Hall–Kier alpha value is -1.81. The highest BCUT2D eigenvalue weighted by atomic mass is 19.1. The normalized spacial score (nSPS) is 12.4. The number of rotatable bonds is 5. The van der Waals surface area contributed by atoms with E-state index in [1.165, 1.54) is 18.2 Å². The van der Waals surface area contributed by atoms with Gasteiger partial charge in [0.2, 0.25) is 0 Å². The van der Waals surface area contributed by atoms with Crippen LogP contribution in [0.2, 0.25) is 0 Å². The minimum absolute atomic E-state index is 0.119. The molecule has 0 amide bonds. The molecule has 2 aromatic carbocycles. The number of benzene rings is 2. The van der Waals surface area contributed by atoms with Crippen LogP contribution in [0.15, 0.2) is 42.5 Å². The van der Waals surface area contributed by atoms with Crippen LogP contribution in [0, 0.1) is 17.5 Å². The Balaban J connectivity index is 2.11. The summed E-state index contributed by atoms with van der Waals surface area (Å²) in [5.74, 6) is -1.44. The van der Waals surface area contributed by atoms with Crippen molar-refractivity contribution in [2.24, 2.45) is 0 Å². The molecule has 0 bridgehead atoms. The van der Waals surface area contributed by atoms with Crippen LogP contribution in [0.3, 0.4) is 0 Å². The van der Waals surface area contributed by atoms with E-state index in [1.54, 1.807) is 25.2 Å². The average Bonchev–Trinajstić information content (AvgIpc) is 2.43. The van der Waals surface area contributed by atoms with Crippen LogP contribution >= 0.6 is 0 Å². The topological polar surface area (TPSA) is 12.0 Å². The lowest BCUT2D eigenvalue weighted by Gasteiger charge is -2.17. The van der Waals surface area contributed by atoms with E-state index in [9.17, 15) is 13.2 Å². The Bertz CT molecular complexity index is 584. The molecule has 0 spiro atoms. The molecule has 0 radical (unpaired) electrons. The molecule has 20 heavy (non-hydrogen) atoms. The van der Waals surface area contributed by atoms with Crippen molar-refractivity contribution in [3.8, 4) is 0 Å². The molecule has 4 heteroatoms. The Labute approximate surface area is 116 Å². The van der Waals surface area contributed by atoms with Crippen LogP contribution in [0.1, 0.15) is 11.1 Å². The third-order valence-electron chi connectivity index (χ3n) is 3.31. The Morgan fingerprint density at radius 3 is 2.15 bits per heavy atom. The molecule has 0 heterocycles. The Morgan fingerprint density at radius 2 is 1.55 bits per heavy atom. The van der Waals surface area contributed by atoms with Gasteiger partial charge in [0.15, 0.2) is 0 Å². The molecular weight excluding hydrogens is 263 g/mol. The van der Waals surface area contributed by atoms with Gasteiger partial charge in [0.05, 0.1) is 0 Å². The maximum atomic E-state index is 13.6. The van der Waals surface area contributed by atoms with Gasteiger partial charge >= 0.3 is 0 Å². The van der Waals surface area contributed by atoms with Gasteiger partial charge in [-0.15, -0.1) is 0 Å². The molecule has 1 unspecified atom stereocenters. The summed E-state index contributed by atoms with van der Waals surface area (Å²) in [6.07, 6.45) is 0.816. The van der Waals surface area contributed by atoms with Crippen LogP contribution in [-0.4, -0.2) is 13.1 Å². The summed E-state index contributed by atoms with van der Waals surface area (Å²) >= 11 is 0. The molecule has 0 aliphatic rings. The van der Waals surface area contributed by atoms with E-state index in [0.717, 1.165) is 6.07 Å². The lowest BCUT2D eigenvalue weighted by Crippen LogP contribution is -2.30. The molecule has 1 atom stereocenters. The van der Waals surface area contributed by atoms with E-state index in [0.29, 0.717) is 24.0 Å². The molecule has 0 aromatic heterocycles. The monoisotopic (exact) mass is 279 g/mol. The minimum Gasteiger partial charge on any atom is -0.316 e. The van der Waals surface area contributed by atoms with Crippen molar-refractivity contribution >= 4 is 0 Å². The van der Waals surface area contributed by atoms with E-state index >= 15 is 0 Å². The highest BCUT2D eigenvalue weighted by molar-refractivity contribution is 5.22. The zero-order chi connectivity index (χ0) is 14.5. The second-order valence-electron chi connectivity index (χ2n) is 4.72. The van der Waals surface area contributed by atoms with Gasteiger partial charge in [0.1, 0.15) is 17.5 Å². The predicted octanol–water partition coefficient (Wildman–Crippen LogP) is 3.48. The van der Waals surface area contributed by atoms with Gasteiger partial charge in [-0.25, -0.2) is 13.2 Å². The first-order valence-electron chi connectivity index (χ1n) is 6.44. The molecule has 0 aliphatic carbocycles. The molecule has 106 valence electrons. The summed E-state index contributed by atoms with van der Waals surface area (Å²) in [4.78, 5) is 0. The van der Waals surface area contributed by atoms with E-state index in [-0.39, 0.29) is 11.9 Å². The summed E-state index contributed by atoms with van der Waals surface area (Å²) in [7, 11) is 1.74. The fraction of sp³-hybridized carbons (Fsp3) is 0.250. The van der Waals surface area contributed by atoms with Gasteiger partial charge in [0.25, 0.3) is 0 Å². The van der Waals surface area contributed by atoms with Gasteiger partial charge in [-0.05, 0) is 43.1 Å². The third-order valence-corrected chi connectivity index (χ3v) is 3.31. The lowest BCUT2D eigenvalue weighted by molar-refractivity contribution is 0.512. The van der Waals surface area contributed by atoms with Gasteiger partial charge in [-0.1, -0.05) is 24.3 Å². The van der Waals surface area contributed by atoms with E-state index in [2.05, 4.69) is 5.32 Å². The summed E-state index contributed by atoms with van der Waals surface area (Å²) < 4.78 is 40.1. The highest BCUT2D eigenvalue weighted by Crippen LogP contribution is 2.15. The highest BCUT2D eigenvalue weighted by Gasteiger charge is 2.13. The SMILES string of the molecule is CNC(Cc1ccccc1F)Cc1ccc(F)cc1F. The second-order valence-corrected chi connectivity index (χ2v) is 4.72. The molecular formula is C16H16F3N. The molecule has 0 saturated heterocycles. The molecule has 1 nitrogen and oxygen atoms in total. The Morgan fingerprint density at radius 1 is 0.900 bits per heavy atom. The first kappa shape index (κ1) is 14.6. The van der Waals surface area contributed by atoms with Crippen LogP contribution in [0.25, 0.3) is 0 Å². The fourth-order valence-corrected chi connectivity index (χ4v) is 2.16. The molecule has 0 aliphatic heterocycles. The fourth-order valence-electron chi connectivity index (χ4n) is 2.16. The maximum Gasteiger partial charge on any atom is 0.129 e. The van der Waals surface area contributed by atoms with Crippen molar-refractivity contribution in [1.29, 1.82) is 0 Å². The van der Waals surface area contributed by atoms with Gasteiger partial charge in [0, 0.05) is 12.1 Å². The molecule has 1 N–H and O–H groups in total. The lowest BCUT2D eigenvalue weighted by atomic mass is 9.98. The van der Waals surface area contributed by atoms with Crippen molar-refractivity contribution in [3.63, 3.8) is 0 Å². The standard InChI is InChI=1S/C16H16F3N/c1-20-14(8-11-4-2-3-5-15(11)18)9-12-6-7-13(17)10-16(12)19/h2-7,10,14,20H,8-9H2,1H3. The van der Waals surface area contributed by atoms with Crippen LogP contribution in [-0.2, 0) is 12.8 Å². The first-order valence-corrected chi connectivity index (χ1v) is 6.44. The Kier molecular flexibility index (Phi) is 4.79. The summed E-state index contributed by atoms with van der Waals surface area (Å²) in [6, 6.07) is 9.92. The smallest absolute Gasteiger partial charge is 0.129 e. The molecule has 0 fully saturated rings. The average molecular weight is 279 g/mol. The van der Waals surface area contributed by atoms with Crippen molar-refractivity contribution in [2.45, 2.75) is 18.9 Å². The van der Waals surface area contributed by atoms with E-state index in [1.807, 2.05) is 0 Å². The van der Waals surface area contributed by atoms with Crippen LogP contribution < -0.4 is 5.32 Å². The number of hydrogen-bond acceptors (Lipinski definition) is 1. The quantitative estimate of drug-likeness (QED) is 0.883. The van der Waals surface area contributed by atoms with Gasteiger partial charge < -0.3 is 5.32 Å². The van der Waals surface area contributed by atoms with E-state index < -0.39 is 11.6 Å². The number of hydrogen-bond donors (Lipinski definition) is 1. The number of nitrogens with one attached hydrogen (secondary N) is 1. The van der Waals surface area contributed by atoms with Crippen molar-refractivity contribution in [3.05, 3.63) is 71.0 Å². The zero-order valence-corrected chi connectivity index (χ0v) is 11.2. The van der Waals surface area contributed by atoms with Crippen LogP contribution in [0.4, 0.5) is 13.2 Å². The van der Waals surface area contributed by atoms with Crippen molar-refractivity contribution in [1.82, 2.24) is 5.32 Å². The molecule has 2 aromatic rings. The maximum absolute atomic E-state index is 13.6.